The van der Waals surface area contributed by atoms with Crippen LogP contribution < -0.4 is 0 Å². The van der Waals surface area contributed by atoms with Gasteiger partial charge in [-0.3, -0.25) is 9.78 Å². The summed E-state index contributed by atoms with van der Waals surface area (Å²) in [5, 5.41) is 7.58. The molecule has 2 heterocycles. The lowest BCUT2D eigenvalue weighted by Gasteiger charge is -2.42. The van der Waals surface area contributed by atoms with E-state index in [1.165, 1.54) is 0 Å². The largest absolute Gasteiger partial charge is 0.380 e. The van der Waals surface area contributed by atoms with Gasteiger partial charge in [-0.05, 0) is 88.1 Å². The molecule has 3 aromatic rings. The molecule has 1 aromatic carbocycles. The number of methoxy groups -OCH3 is 1. The van der Waals surface area contributed by atoms with Gasteiger partial charge >= 0.3 is 5.91 Å². The second kappa shape index (κ2) is 12.5. The smallest absolute Gasteiger partial charge is 0.316 e. The van der Waals surface area contributed by atoms with Crippen LogP contribution in [0.3, 0.4) is 0 Å². The molecule has 8 nitrogen and oxygen atoms in total. The lowest BCUT2D eigenvalue weighted by atomic mass is 9.69. The van der Waals surface area contributed by atoms with E-state index in [0.717, 1.165) is 78.7 Å². The molecule has 0 aliphatic heterocycles. The van der Waals surface area contributed by atoms with E-state index in [9.17, 15) is 9.70 Å². The maximum atomic E-state index is 11.9. The summed E-state index contributed by atoms with van der Waals surface area (Å²) in [4.78, 5) is 27.0. The third-order valence-electron chi connectivity index (χ3n) is 8.67. The van der Waals surface area contributed by atoms with Crippen molar-refractivity contribution in [1.29, 1.82) is 0 Å². The van der Waals surface area contributed by atoms with Gasteiger partial charge in [-0.2, -0.15) is 0 Å². The Morgan fingerprint density at radius 1 is 1.17 bits per heavy atom. The molecule has 2 aliphatic rings. The molecule has 9 heteroatoms. The molecule has 0 unspecified atom stereocenters. The number of nitrogens with zero attached hydrogens (tertiary/aromatic N) is 3. The zero-order chi connectivity index (χ0) is 29.9. The van der Waals surface area contributed by atoms with E-state index in [0.29, 0.717) is 29.7 Å². The van der Waals surface area contributed by atoms with E-state index < -0.39 is 5.91 Å². The van der Waals surface area contributed by atoms with Gasteiger partial charge in [0.05, 0.1) is 23.8 Å². The molecule has 2 fully saturated rings. The summed E-state index contributed by atoms with van der Waals surface area (Å²) in [6.45, 7) is 7.05. The summed E-state index contributed by atoms with van der Waals surface area (Å²) >= 11 is 6.57. The molecule has 5 rings (SSSR count). The predicted molar refractivity (Wildman–Crippen MR) is 160 cm³/mol. The van der Waals surface area contributed by atoms with E-state index in [2.05, 4.69) is 41.0 Å². The van der Waals surface area contributed by atoms with E-state index in [1.807, 2.05) is 13.0 Å². The molecule has 2 saturated carbocycles. The number of rotatable bonds is 9. The summed E-state index contributed by atoms with van der Waals surface area (Å²) < 4.78 is 17.9. The van der Waals surface area contributed by atoms with Crippen molar-refractivity contribution >= 4 is 17.5 Å². The van der Waals surface area contributed by atoms with Crippen LogP contribution in [-0.2, 0) is 22.7 Å². The number of hydrogen-bond acceptors (Lipinski definition) is 7. The normalized spacial score (nSPS) is 21.9. The van der Waals surface area contributed by atoms with Crippen LogP contribution in [0.15, 0.2) is 40.3 Å². The third-order valence-corrected chi connectivity index (χ3v) is 8.95. The van der Waals surface area contributed by atoms with Crippen LogP contribution in [0.1, 0.15) is 103 Å². The van der Waals surface area contributed by atoms with Crippen molar-refractivity contribution in [3.8, 4) is 23.1 Å². The van der Waals surface area contributed by atoms with E-state index >= 15 is 0 Å². The Bertz CT molecular complexity index is 1520. The number of ether oxygens (including phenoxy) is 2. The highest BCUT2D eigenvalue weighted by atomic mass is 35.5. The zero-order valence-electron chi connectivity index (χ0n) is 24.6. The van der Waals surface area contributed by atoms with Crippen LogP contribution in [0.5, 0.6) is 0 Å². The summed E-state index contributed by atoms with van der Waals surface area (Å²) in [6.07, 6.45) is 9.98. The molecule has 2 aliphatic carbocycles. The van der Waals surface area contributed by atoms with Gasteiger partial charge in [0.2, 0.25) is 0 Å². The van der Waals surface area contributed by atoms with Gasteiger partial charge < -0.3 is 14.0 Å². The number of hydrogen-bond donors (Lipinski definition) is 0. The van der Waals surface area contributed by atoms with Crippen molar-refractivity contribution in [2.45, 2.75) is 90.4 Å². The Balaban J connectivity index is 1.33. The molecule has 220 valence electrons. The second-order valence-electron chi connectivity index (χ2n) is 11.8. The first kappa shape index (κ1) is 30.1. The Morgan fingerprint density at radius 2 is 1.93 bits per heavy atom. The van der Waals surface area contributed by atoms with Crippen LogP contribution in [0.2, 0.25) is 5.02 Å². The number of halogens is 1. The number of benzene rings is 1. The van der Waals surface area contributed by atoms with Crippen molar-refractivity contribution < 1.29 is 18.8 Å². The van der Waals surface area contributed by atoms with Crippen molar-refractivity contribution in [1.82, 2.24) is 10.1 Å². The zero-order valence-corrected chi connectivity index (χ0v) is 25.3. The van der Waals surface area contributed by atoms with E-state index in [4.69, 9.17) is 25.6 Å². The Labute approximate surface area is 251 Å². The fourth-order valence-electron chi connectivity index (χ4n) is 5.78. The van der Waals surface area contributed by atoms with Gasteiger partial charge in [-0.1, -0.05) is 35.5 Å². The number of carbonyl (C=O) groups excluding carboxylic acids is 1. The Hall–Kier alpha value is -3.38. The van der Waals surface area contributed by atoms with Gasteiger partial charge in [0.25, 0.3) is 0 Å². The Morgan fingerprint density at radius 3 is 2.57 bits per heavy atom. The van der Waals surface area contributed by atoms with Crippen LogP contribution in [-0.4, -0.2) is 28.8 Å². The summed E-state index contributed by atoms with van der Waals surface area (Å²) in [5.41, 5.74) is 4.70. The van der Waals surface area contributed by atoms with Crippen LogP contribution in [0, 0.1) is 29.1 Å². The topological polar surface area (TPSA) is 104 Å². The molecular weight excluding hydrogens is 554 g/mol. The lowest BCUT2D eigenvalue weighted by molar-refractivity contribution is -0.0952. The first-order valence-corrected chi connectivity index (χ1v) is 14.8. The SMILES string of the molecule is CCC1(OCc2c(-c3c(C)cncc3Cl)noc2C2CC2)CCC(C)(C#Cc2cc(COC)cc(C(=O)N=O)c2)CC1. The quantitative estimate of drug-likeness (QED) is 0.184. The molecule has 1 amide bonds. The Kier molecular flexibility index (Phi) is 8.93. The van der Waals surface area contributed by atoms with Gasteiger partial charge in [0.15, 0.2) is 0 Å². The average Bonchev–Trinajstić information content (AvgIpc) is 3.75. The fourth-order valence-corrected chi connectivity index (χ4v) is 6.07. The van der Waals surface area contributed by atoms with Gasteiger partial charge in [0, 0.05) is 58.3 Å². The highest BCUT2D eigenvalue weighted by Gasteiger charge is 2.41. The van der Waals surface area contributed by atoms with Crippen LogP contribution >= 0.6 is 11.6 Å². The van der Waals surface area contributed by atoms with E-state index in [1.54, 1.807) is 31.6 Å². The number of carbonyl (C=O) groups is 1. The molecule has 42 heavy (non-hydrogen) atoms. The van der Waals surface area contributed by atoms with Crippen molar-refractivity contribution in [3.63, 3.8) is 0 Å². The van der Waals surface area contributed by atoms with Gasteiger partial charge in [-0.25, -0.2) is 0 Å². The van der Waals surface area contributed by atoms with Crippen LogP contribution in [0.25, 0.3) is 11.3 Å². The number of aryl methyl sites for hydroxylation is 1. The second-order valence-corrected chi connectivity index (χ2v) is 12.3. The fraction of sp³-hybridized carbons (Fsp3) is 0.485. The first-order chi connectivity index (χ1) is 20.2. The number of nitroso groups, excluding NO2 is 1. The minimum atomic E-state index is -0.813. The first-order valence-electron chi connectivity index (χ1n) is 14.5. The van der Waals surface area contributed by atoms with Crippen LogP contribution in [0.4, 0.5) is 0 Å². The molecule has 0 saturated heterocycles. The predicted octanol–water partition coefficient (Wildman–Crippen LogP) is 7.93. The van der Waals surface area contributed by atoms with E-state index in [-0.39, 0.29) is 16.6 Å². The number of aromatic nitrogens is 2. The molecule has 2 aromatic heterocycles. The van der Waals surface area contributed by atoms with Crippen molar-refractivity contribution in [2.24, 2.45) is 10.6 Å². The minimum absolute atomic E-state index is 0.213. The van der Waals surface area contributed by atoms with Crippen molar-refractivity contribution in [3.05, 3.63) is 74.1 Å². The maximum Gasteiger partial charge on any atom is 0.316 e. The van der Waals surface area contributed by atoms with Gasteiger partial charge in [0.1, 0.15) is 11.5 Å². The highest BCUT2D eigenvalue weighted by molar-refractivity contribution is 6.33. The summed E-state index contributed by atoms with van der Waals surface area (Å²) in [6, 6.07) is 5.12. The van der Waals surface area contributed by atoms with Gasteiger partial charge in [-0.15, -0.1) is 4.91 Å². The molecule has 0 radical (unpaired) electrons. The monoisotopic (exact) mass is 589 g/mol. The molecule has 0 atom stereocenters. The number of pyridine rings is 1. The summed E-state index contributed by atoms with van der Waals surface area (Å²) in [7, 11) is 1.58. The highest BCUT2D eigenvalue weighted by Crippen LogP contribution is 2.48. The standard InChI is InChI=1S/C33H36ClN3O5/c1-5-33(41-20-26-29(37-42-30(26)24-6-7-24)28-21(2)17-35-18-27(28)34)12-10-32(3,11-13-33)9-8-22-14-23(19-40-4)16-25(15-22)31(38)36-39/h14-18,24H,5-7,10-13,19-20H2,1-4H3. The third kappa shape index (κ3) is 6.49. The number of amides is 1. The molecular formula is C33H36ClN3O5. The molecule has 0 spiro atoms. The summed E-state index contributed by atoms with van der Waals surface area (Å²) in [5.74, 6) is 7.20. The molecule has 0 N–H and O–H groups in total. The average molecular weight is 590 g/mol. The lowest BCUT2D eigenvalue weighted by Crippen LogP contribution is -2.39. The molecule has 0 bridgehead atoms. The maximum absolute atomic E-state index is 11.9. The van der Waals surface area contributed by atoms with Crippen molar-refractivity contribution in [2.75, 3.05) is 7.11 Å². The minimum Gasteiger partial charge on any atom is -0.380 e.